The topological polar surface area (TPSA) is 110 Å². The molecule has 0 unspecified atom stereocenters. The van der Waals surface area contributed by atoms with Gasteiger partial charge in [0.25, 0.3) is 5.91 Å². The highest BCUT2D eigenvalue weighted by Crippen LogP contribution is 2.27. The lowest BCUT2D eigenvalue weighted by atomic mass is 10.1. The molecule has 0 saturated carbocycles. The number of methoxy groups -OCH3 is 1. The van der Waals surface area contributed by atoms with Crippen LogP contribution in [0.5, 0.6) is 0 Å². The summed E-state index contributed by atoms with van der Waals surface area (Å²) in [5.41, 5.74) is 1.76. The van der Waals surface area contributed by atoms with E-state index in [0.717, 1.165) is 5.56 Å². The highest BCUT2D eigenvalue weighted by molar-refractivity contribution is 6.09. The Labute approximate surface area is 190 Å². The summed E-state index contributed by atoms with van der Waals surface area (Å²) in [7, 11) is 1.55. The van der Waals surface area contributed by atoms with E-state index in [1.54, 1.807) is 48.5 Å². The van der Waals surface area contributed by atoms with E-state index in [-0.39, 0.29) is 37.4 Å². The van der Waals surface area contributed by atoms with Gasteiger partial charge >= 0.3 is 0 Å². The number of hydrogen-bond donors (Lipinski definition) is 1. The standard InChI is InChI=1S/C23H24N6O4/c1-33-12-10-24-21(30)15-27-14-18-5-2-3-6-19(18)28(16-22(27)31)23(32)17-7-8-20(25-13-17)29-11-4-9-26-29/h2-9,11,13H,10,12,14-16H2,1H3,(H,24,30). The van der Waals surface area contributed by atoms with Crippen molar-refractivity contribution in [2.45, 2.75) is 6.54 Å². The number of pyridine rings is 1. The van der Waals surface area contributed by atoms with Gasteiger partial charge in [-0.2, -0.15) is 5.10 Å². The van der Waals surface area contributed by atoms with E-state index in [2.05, 4.69) is 15.4 Å². The Morgan fingerprint density at radius 3 is 2.70 bits per heavy atom. The molecule has 1 N–H and O–H groups in total. The van der Waals surface area contributed by atoms with Crippen molar-refractivity contribution >= 4 is 23.4 Å². The molecule has 0 saturated heterocycles. The smallest absolute Gasteiger partial charge is 0.260 e. The molecule has 0 fully saturated rings. The van der Waals surface area contributed by atoms with Gasteiger partial charge in [0.2, 0.25) is 11.8 Å². The number of carbonyl (C=O) groups is 3. The number of rotatable bonds is 7. The van der Waals surface area contributed by atoms with Gasteiger partial charge in [0, 0.05) is 44.5 Å². The van der Waals surface area contributed by atoms with Crippen LogP contribution in [0.2, 0.25) is 0 Å². The number of para-hydroxylation sites is 1. The first-order chi connectivity index (χ1) is 16.1. The van der Waals surface area contributed by atoms with Crippen molar-refractivity contribution in [2.75, 3.05) is 38.3 Å². The second-order valence-corrected chi connectivity index (χ2v) is 7.47. The maximum atomic E-state index is 13.4. The van der Waals surface area contributed by atoms with Gasteiger partial charge in [0.1, 0.15) is 6.54 Å². The lowest BCUT2D eigenvalue weighted by Gasteiger charge is -2.22. The van der Waals surface area contributed by atoms with Crippen LogP contribution < -0.4 is 10.2 Å². The molecule has 0 atom stereocenters. The Balaban J connectivity index is 1.54. The van der Waals surface area contributed by atoms with Crippen LogP contribution in [-0.4, -0.2) is 70.7 Å². The molecule has 3 amide bonds. The van der Waals surface area contributed by atoms with Crippen LogP contribution in [0, 0.1) is 0 Å². The molecule has 3 heterocycles. The molecule has 0 aliphatic carbocycles. The van der Waals surface area contributed by atoms with Gasteiger partial charge in [-0.05, 0) is 29.8 Å². The molecule has 170 valence electrons. The summed E-state index contributed by atoms with van der Waals surface area (Å²) in [4.78, 5) is 45.8. The van der Waals surface area contributed by atoms with Gasteiger partial charge < -0.3 is 15.0 Å². The number of carbonyl (C=O) groups excluding carboxylic acids is 3. The molecule has 10 heteroatoms. The lowest BCUT2D eigenvalue weighted by molar-refractivity contribution is -0.135. The average Bonchev–Trinajstić information content (AvgIpc) is 3.33. The fourth-order valence-corrected chi connectivity index (χ4v) is 3.58. The first-order valence-electron chi connectivity index (χ1n) is 10.5. The average molecular weight is 448 g/mol. The van der Waals surface area contributed by atoms with E-state index in [9.17, 15) is 14.4 Å². The van der Waals surface area contributed by atoms with Gasteiger partial charge in [0.15, 0.2) is 5.82 Å². The van der Waals surface area contributed by atoms with Crippen LogP contribution in [0.1, 0.15) is 15.9 Å². The maximum Gasteiger partial charge on any atom is 0.260 e. The Morgan fingerprint density at radius 2 is 1.97 bits per heavy atom. The number of fused-ring (bicyclic) bond motifs is 1. The molecule has 0 spiro atoms. The molecular formula is C23H24N6O4. The van der Waals surface area contributed by atoms with Crippen LogP contribution in [0.15, 0.2) is 61.1 Å². The monoisotopic (exact) mass is 448 g/mol. The number of aromatic nitrogens is 3. The van der Waals surface area contributed by atoms with E-state index in [1.165, 1.54) is 16.0 Å². The number of nitrogens with one attached hydrogen (secondary N) is 1. The predicted octanol–water partition coefficient (Wildman–Crippen LogP) is 1.02. The van der Waals surface area contributed by atoms with Crippen molar-refractivity contribution in [1.29, 1.82) is 0 Å². The largest absolute Gasteiger partial charge is 0.383 e. The summed E-state index contributed by atoms with van der Waals surface area (Å²) in [5.74, 6) is -0.366. The summed E-state index contributed by atoms with van der Waals surface area (Å²) >= 11 is 0. The second kappa shape index (κ2) is 10.0. The third-order valence-electron chi connectivity index (χ3n) is 5.23. The third kappa shape index (κ3) is 5.07. The van der Waals surface area contributed by atoms with Crippen LogP contribution in [0.3, 0.4) is 0 Å². The van der Waals surface area contributed by atoms with Crippen LogP contribution in [0.25, 0.3) is 5.82 Å². The zero-order valence-corrected chi connectivity index (χ0v) is 18.2. The van der Waals surface area contributed by atoms with Crippen LogP contribution in [0.4, 0.5) is 5.69 Å². The van der Waals surface area contributed by atoms with Crippen molar-refractivity contribution < 1.29 is 19.1 Å². The molecule has 0 bridgehead atoms. The molecule has 33 heavy (non-hydrogen) atoms. The number of ether oxygens (including phenoxy) is 1. The van der Waals surface area contributed by atoms with E-state index in [1.807, 2.05) is 18.2 Å². The summed E-state index contributed by atoms with van der Waals surface area (Å²) in [5, 5.41) is 6.85. The Bertz CT molecular complexity index is 1130. The zero-order chi connectivity index (χ0) is 23.2. The molecule has 1 aliphatic rings. The van der Waals surface area contributed by atoms with Crippen molar-refractivity contribution in [3.8, 4) is 5.82 Å². The number of amides is 3. The number of anilines is 1. The first kappa shape index (κ1) is 22.2. The fourth-order valence-electron chi connectivity index (χ4n) is 3.58. The highest BCUT2D eigenvalue weighted by atomic mass is 16.5. The summed E-state index contributed by atoms with van der Waals surface area (Å²) in [6.45, 7) is 0.701. The van der Waals surface area contributed by atoms with E-state index >= 15 is 0 Å². The van der Waals surface area contributed by atoms with Gasteiger partial charge in [-0.25, -0.2) is 9.67 Å². The van der Waals surface area contributed by atoms with Gasteiger partial charge in [-0.3, -0.25) is 19.3 Å². The SMILES string of the molecule is COCCNC(=O)CN1Cc2ccccc2N(C(=O)c2ccc(-n3cccn3)nc2)CC1=O. The van der Waals surface area contributed by atoms with E-state index in [0.29, 0.717) is 30.2 Å². The minimum Gasteiger partial charge on any atom is -0.383 e. The molecule has 4 rings (SSSR count). The third-order valence-corrected chi connectivity index (χ3v) is 5.23. The molecule has 3 aromatic rings. The molecule has 1 aromatic carbocycles. The minimum atomic E-state index is -0.346. The first-order valence-corrected chi connectivity index (χ1v) is 10.5. The summed E-state index contributed by atoms with van der Waals surface area (Å²) in [6.07, 6.45) is 4.87. The quantitative estimate of drug-likeness (QED) is 0.541. The summed E-state index contributed by atoms with van der Waals surface area (Å²) < 4.78 is 6.52. The van der Waals surface area contributed by atoms with Crippen LogP contribution >= 0.6 is 0 Å². The number of benzene rings is 1. The van der Waals surface area contributed by atoms with Crippen molar-refractivity contribution in [1.82, 2.24) is 25.0 Å². The van der Waals surface area contributed by atoms with Crippen molar-refractivity contribution in [3.05, 3.63) is 72.2 Å². The molecule has 0 radical (unpaired) electrons. The van der Waals surface area contributed by atoms with Crippen molar-refractivity contribution in [2.24, 2.45) is 0 Å². The number of nitrogens with zero attached hydrogens (tertiary/aromatic N) is 5. The molecule has 10 nitrogen and oxygen atoms in total. The summed E-state index contributed by atoms with van der Waals surface area (Å²) in [6, 6.07) is 12.4. The van der Waals surface area contributed by atoms with E-state index in [4.69, 9.17) is 4.74 Å². The maximum absolute atomic E-state index is 13.4. The van der Waals surface area contributed by atoms with Crippen molar-refractivity contribution in [3.63, 3.8) is 0 Å². The predicted molar refractivity (Wildman–Crippen MR) is 120 cm³/mol. The second-order valence-electron chi connectivity index (χ2n) is 7.47. The molecule has 1 aliphatic heterocycles. The fraction of sp³-hybridized carbons (Fsp3) is 0.261. The highest BCUT2D eigenvalue weighted by Gasteiger charge is 2.30. The van der Waals surface area contributed by atoms with Gasteiger partial charge in [-0.15, -0.1) is 0 Å². The van der Waals surface area contributed by atoms with Gasteiger partial charge in [-0.1, -0.05) is 18.2 Å². The molecular weight excluding hydrogens is 424 g/mol. The Hall–Kier alpha value is -4.05. The van der Waals surface area contributed by atoms with Gasteiger partial charge in [0.05, 0.1) is 18.7 Å². The zero-order valence-electron chi connectivity index (χ0n) is 18.2. The minimum absolute atomic E-state index is 0.0982. The molecule has 2 aromatic heterocycles. The number of hydrogen-bond acceptors (Lipinski definition) is 6. The lowest BCUT2D eigenvalue weighted by Crippen LogP contribution is -2.44. The normalized spacial score (nSPS) is 13.4. The Kier molecular flexibility index (Phi) is 6.75. The van der Waals surface area contributed by atoms with Crippen LogP contribution in [-0.2, 0) is 20.9 Å². The Morgan fingerprint density at radius 1 is 1.12 bits per heavy atom. The van der Waals surface area contributed by atoms with E-state index < -0.39 is 0 Å².